The Labute approximate surface area is 123 Å². The van der Waals surface area contributed by atoms with Crippen molar-refractivity contribution < 1.29 is 5.11 Å². The first-order valence-corrected chi connectivity index (χ1v) is 6.83. The van der Waals surface area contributed by atoms with Gasteiger partial charge < -0.3 is 16.2 Å². The molecule has 1 heterocycles. The number of aliphatic hydroxyl groups is 1. The minimum absolute atomic E-state index is 0.0581. The monoisotopic (exact) mass is 279 g/mol. The van der Waals surface area contributed by atoms with Crippen molar-refractivity contribution in [2.75, 3.05) is 11.1 Å². The van der Waals surface area contributed by atoms with Gasteiger partial charge in [-0.05, 0) is 23.3 Å². The van der Waals surface area contributed by atoms with Crippen LogP contribution in [0.1, 0.15) is 11.1 Å². The van der Waals surface area contributed by atoms with Crippen LogP contribution in [-0.2, 0) is 13.2 Å². The van der Waals surface area contributed by atoms with E-state index < -0.39 is 0 Å². The zero-order chi connectivity index (χ0) is 14.7. The highest BCUT2D eigenvalue weighted by Gasteiger charge is 2.04. The first kappa shape index (κ1) is 13.4. The van der Waals surface area contributed by atoms with E-state index in [1.165, 1.54) is 0 Å². The number of hydrogen-bond donors (Lipinski definition) is 3. The van der Waals surface area contributed by atoms with E-state index in [2.05, 4.69) is 10.3 Å². The van der Waals surface area contributed by atoms with Crippen LogP contribution in [0.3, 0.4) is 0 Å². The molecule has 0 fully saturated rings. The molecule has 0 bridgehead atoms. The van der Waals surface area contributed by atoms with E-state index in [1.54, 1.807) is 6.20 Å². The number of nitrogens with zero attached hydrogens (tertiary/aromatic N) is 1. The number of aliphatic hydroxyl groups excluding tert-OH is 1. The molecule has 3 aromatic rings. The van der Waals surface area contributed by atoms with Gasteiger partial charge in [0.05, 0.1) is 17.8 Å². The van der Waals surface area contributed by atoms with Crippen LogP contribution in [-0.4, -0.2) is 10.1 Å². The number of nitrogen functional groups attached to an aromatic ring is 1. The van der Waals surface area contributed by atoms with Crippen LogP contribution in [0.5, 0.6) is 0 Å². The van der Waals surface area contributed by atoms with Crippen molar-refractivity contribution in [2.45, 2.75) is 13.2 Å². The Morgan fingerprint density at radius 2 is 1.86 bits per heavy atom. The summed E-state index contributed by atoms with van der Waals surface area (Å²) in [5.41, 5.74) is 10.5. The van der Waals surface area contributed by atoms with E-state index in [4.69, 9.17) is 5.73 Å². The lowest BCUT2D eigenvalue weighted by Crippen LogP contribution is -2.01. The third kappa shape index (κ3) is 2.80. The summed E-state index contributed by atoms with van der Waals surface area (Å²) in [6.07, 6.45) is 1.76. The van der Waals surface area contributed by atoms with Gasteiger partial charge in [0.25, 0.3) is 0 Å². The quantitative estimate of drug-likeness (QED) is 0.642. The molecule has 4 N–H and O–H groups in total. The van der Waals surface area contributed by atoms with Crippen LogP contribution in [0, 0.1) is 0 Å². The number of pyridine rings is 1. The van der Waals surface area contributed by atoms with Crippen LogP contribution in [0.2, 0.25) is 0 Å². The summed E-state index contributed by atoms with van der Waals surface area (Å²) in [5, 5.41) is 13.6. The molecule has 4 heteroatoms. The van der Waals surface area contributed by atoms with E-state index in [9.17, 15) is 5.11 Å². The molecule has 3 rings (SSSR count). The molecule has 4 nitrogen and oxygen atoms in total. The van der Waals surface area contributed by atoms with Crippen LogP contribution >= 0.6 is 0 Å². The summed E-state index contributed by atoms with van der Waals surface area (Å²) in [4.78, 5) is 4.33. The number of anilines is 2. The largest absolute Gasteiger partial charge is 0.397 e. The summed E-state index contributed by atoms with van der Waals surface area (Å²) >= 11 is 0. The second kappa shape index (κ2) is 5.81. The number of benzene rings is 2. The maximum atomic E-state index is 9.18. The minimum atomic E-state index is 0.0581. The number of aromatic nitrogens is 1. The van der Waals surface area contributed by atoms with Crippen molar-refractivity contribution in [3.8, 4) is 0 Å². The molecule has 0 saturated heterocycles. The number of rotatable bonds is 4. The average Bonchev–Trinajstić information content (AvgIpc) is 2.53. The van der Waals surface area contributed by atoms with Gasteiger partial charge in [-0.25, -0.2) is 0 Å². The highest BCUT2D eigenvalue weighted by molar-refractivity contribution is 5.97. The molecule has 0 atom stereocenters. The normalized spacial score (nSPS) is 10.7. The fourth-order valence-corrected chi connectivity index (χ4v) is 2.39. The number of nitrogens with one attached hydrogen (secondary N) is 1. The van der Waals surface area contributed by atoms with Gasteiger partial charge in [-0.15, -0.1) is 0 Å². The molecule has 0 saturated carbocycles. The summed E-state index contributed by atoms with van der Waals surface area (Å²) in [7, 11) is 0. The zero-order valence-corrected chi connectivity index (χ0v) is 11.6. The molecule has 0 amide bonds. The maximum Gasteiger partial charge on any atom is 0.0951 e. The molecule has 0 aliphatic heterocycles. The summed E-state index contributed by atoms with van der Waals surface area (Å²) in [6.45, 7) is 0.740. The Morgan fingerprint density at radius 3 is 2.71 bits per heavy atom. The van der Waals surface area contributed by atoms with Gasteiger partial charge in [0.1, 0.15) is 0 Å². The summed E-state index contributed by atoms with van der Waals surface area (Å²) < 4.78 is 0. The smallest absolute Gasteiger partial charge is 0.0951 e. The van der Waals surface area contributed by atoms with Gasteiger partial charge in [0.2, 0.25) is 0 Å². The van der Waals surface area contributed by atoms with Gasteiger partial charge in [-0.3, -0.25) is 4.98 Å². The highest BCUT2D eigenvalue weighted by Crippen LogP contribution is 2.25. The lowest BCUT2D eigenvalue weighted by molar-refractivity contribution is 0.281. The van der Waals surface area contributed by atoms with Gasteiger partial charge in [0.15, 0.2) is 0 Å². The van der Waals surface area contributed by atoms with Crippen LogP contribution in [0.25, 0.3) is 10.9 Å². The molecule has 0 aliphatic rings. The molecule has 2 aromatic carbocycles. The zero-order valence-electron chi connectivity index (χ0n) is 11.6. The van der Waals surface area contributed by atoms with E-state index in [0.29, 0.717) is 12.2 Å². The van der Waals surface area contributed by atoms with E-state index in [1.807, 2.05) is 48.5 Å². The summed E-state index contributed by atoms with van der Waals surface area (Å²) in [5.74, 6) is 0. The summed E-state index contributed by atoms with van der Waals surface area (Å²) in [6, 6.07) is 15.6. The predicted molar refractivity (Wildman–Crippen MR) is 85.8 cm³/mol. The molecule has 1 aromatic heterocycles. The topological polar surface area (TPSA) is 71.2 Å². The first-order chi connectivity index (χ1) is 10.3. The van der Waals surface area contributed by atoms with E-state index >= 15 is 0 Å². The van der Waals surface area contributed by atoms with Crippen LogP contribution in [0.15, 0.2) is 54.7 Å². The lowest BCUT2D eigenvalue weighted by Gasteiger charge is -2.11. The Hall–Kier alpha value is -2.59. The van der Waals surface area contributed by atoms with Crippen LogP contribution in [0.4, 0.5) is 11.4 Å². The lowest BCUT2D eigenvalue weighted by atomic mass is 10.1. The van der Waals surface area contributed by atoms with Crippen molar-refractivity contribution in [2.24, 2.45) is 0 Å². The van der Waals surface area contributed by atoms with Crippen LogP contribution < -0.4 is 11.1 Å². The second-order valence-corrected chi connectivity index (χ2v) is 4.93. The standard InChI is InChI=1S/C17H17N3O/c18-15-6-2-5-14-16(7-8-19-17(14)15)20-10-12-3-1-4-13(9-12)11-21/h1-9,21H,10-11,18H2,(H,19,20). The molecular formula is C17H17N3O. The molecule has 106 valence electrons. The van der Waals surface area contributed by atoms with Gasteiger partial charge >= 0.3 is 0 Å². The second-order valence-electron chi connectivity index (χ2n) is 4.93. The first-order valence-electron chi connectivity index (χ1n) is 6.83. The van der Waals surface area contributed by atoms with Crippen molar-refractivity contribution in [3.05, 3.63) is 65.9 Å². The van der Waals surface area contributed by atoms with Crippen molar-refractivity contribution in [1.29, 1.82) is 0 Å². The Morgan fingerprint density at radius 1 is 1.05 bits per heavy atom. The fraction of sp³-hybridized carbons (Fsp3) is 0.118. The fourth-order valence-electron chi connectivity index (χ4n) is 2.39. The Kier molecular flexibility index (Phi) is 3.71. The SMILES string of the molecule is Nc1cccc2c(NCc3cccc(CO)c3)ccnc12. The third-order valence-corrected chi connectivity index (χ3v) is 3.46. The van der Waals surface area contributed by atoms with Gasteiger partial charge in [-0.1, -0.05) is 36.4 Å². The number of fused-ring (bicyclic) bond motifs is 1. The van der Waals surface area contributed by atoms with Gasteiger partial charge in [0, 0.05) is 23.8 Å². The molecule has 0 aliphatic carbocycles. The predicted octanol–water partition coefficient (Wildman–Crippen LogP) is 2.92. The molecule has 0 unspecified atom stereocenters. The molecule has 0 radical (unpaired) electrons. The molecule has 0 spiro atoms. The number of nitrogens with two attached hydrogens (primary N) is 1. The third-order valence-electron chi connectivity index (χ3n) is 3.46. The number of para-hydroxylation sites is 1. The van der Waals surface area contributed by atoms with E-state index in [-0.39, 0.29) is 6.61 Å². The van der Waals surface area contributed by atoms with Crippen molar-refractivity contribution in [3.63, 3.8) is 0 Å². The maximum absolute atomic E-state index is 9.18. The highest BCUT2D eigenvalue weighted by atomic mass is 16.3. The van der Waals surface area contributed by atoms with E-state index in [0.717, 1.165) is 27.7 Å². The average molecular weight is 279 g/mol. The Bertz CT molecular complexity index is 771. The van der Waals surface area contributed by atoms with Crippen molar-refractivity contribution in [1.82, 2.24) is 4.98 Å². The van der Waals surface area contributed by atoms with Gasteiger partial charge in [-0.2, -0.15) is 0 Å². The van der Waals surface area contributed by atoms with Crippen molar-refractivity contribution >= 4 is 22.3 Å². The molecular weight excluding hydrogens is 262 g/mol. The minimum Gasteiger partial charge on any atom is -0.397 e. The Balaban J connectivity index is 1.87. The number of hydrogen-bond acceptors (Lipinski definition) is 4. The molecule has 21 heavy (non-hydrogen) atoms.